The molecule has 0 spiro atoms. The Bertz CT molecular complexity index is 888. The van der Waals surface area contributed by atoms with Crippen LogP contribution in [0.5, 0.6) is 0 Å². The molecule has 13 nitrogen and oxygen atoms in total. The minimum Gasteiger partial charge on any atom is -0.379 e. The standard InChI is InChI=1S/C28H45N3O10/c1-20(2)28(37)21(3)19-23(32)22(4)30-25(34)8-11-38-13-15-40-17-18-41-16-14-39-12-9-29-24(33)7-10-31-26(35)5-6-27(31)36/h5-6,20-22H,7-19H2,1-4H3,(H,29,33)(H,30,34)/t21-,22+/m1/s1. The average molecular weight is 584 g/mol. The van der Waals surface area contributed by atoms with Gasteiger partial charge < -0.3 is 29.6 Å². The van der Waals surface area contributed by atoms with Crippen LogP contribution in [0.15, 0.2) is 12.2 Å². The molecule has 0 aliphatic carbocycles. The highest BCUT2D eigenvalue weighted by Crippen LogP contribution is 2.12. The highest BCUT2D eigenvalue weighted by atomic mass is 16.6. The van der Waals surface area contributed by atoms with Crippen molar-refractivity contribution in [2.24, 2.45) is 11.8 Å². The number of Topliss-reactive ketones (excluding diaryl/α,β-unsaturated/α-hetero) is 2. The van der Waals surface area contributed by atoms with Crippen molar-refractivity contribution >= 4 is 35.2 Å². The second kappa shape index (κ2) is 20.8. The zero-order chi connectivity index (χ0) is 30.6. The van der Waals surface area contributed by atoms with Gasteiger partial charge in [-0.25, -0.2) is 0 Å². The van der Waals surface area contributed by atoms with Crippen molar-refractivity contribution < 1.29 is 47.7 Å². The minimum atomic E-state index is -0.657. The Morgan fingerprint density at radius 2 is 1.24 bits per heavy atom. The van der Waals surface area contributed by atoms with Crippen LogP contribution in [0, 0.1) is 11.8 Å². The van der Waals surface area contributed by atoms with Gasteiger partial charge in [-0.15, -0.1) is 0 Å². The molecule has 4 amide bonds. The highest BCUT2D eigenvalue weighted by Gasteiger charge is 2.24. The Morgan fingerprint density at radius 3 is 1.78 bits per heavy atom. The van der Waals surface area contributed by atoms with Gasteiger partial charge in [0.05, 0.1) is 58.9 Å². The third-order valence-electron chi connectivity index (χ3n) is 6.04. The second-order valence-electron chi connectivity index (χ2n) is 9.88. The van der Waals surface area contributed by atoms with Crippen molar-refractivity contribution in [2.45, 2.75) is 53.0 Å². The molecule has 0 unspecified atom stereocenters. The van der Waals surface area contributed by atoms with E-state index in [1.807, 2.05) is 0 Å². The van der Waals surface area contributed by atoms with Crippen LogP contribution in [0.2, 0.25) is 0 Å². The number of rotatable bonds is 24. The number of ketones is 2. The first-order valence-corrected chi connectivity index (χ1v) is 14.0. The van der Waals surface area contributed by atoms with E-state index in [-0.39, 0.29) is 67.6 Å². The van der Waals surface area contributed by atoms with Crippen molar-refractivity contribution in [3.63, 3.8) is 0 Å². The minimum absolute atomic E-state index is 0.0349. The topological polar surface area (TPSA) is 167 Å². The SMILES string of the molecule is CC(C)C(=O)[C@H](C)CC(=O)[C@H](C)NC(=O)CCOCCOCCOCCOCCNC(=O)CCN1C(=O)C=CC1=O. The highest BCUT2D eigenvalue weighted by molar-refractivity contribution is 6.13. The smallest absolute Gasteiger partial charge is 0.253 e. The molecule has 0 aromatic heterocycles. The van der Waals surface area contributed by atoms with Crippen molar-refractivity contribution in [3.05, 3.63) is 12.2 Å². The van der Waals surface area contributed by atoms with Gasteiger partial charge in [-0.1, -0.05) is 20.8 Å². The van der Waals surface area contributed by atoms with Crippen LogP contribution in [-0.2, 0) is 47.7 Å². The summed E-state index contributed by atoms with van der Waals surface area (Å²) in [6.45, 7) is 9.91. The number of imide groups is 1. The maximum Gasteiger partial charge on any atom is 0.253 e. The number of nitrogens with zero attached hydrogens (tertiary/aromatic N) is 1. The van der Waals surface area contributed by atoms with Crippen LogP contribution in [0.3, 0.4) is 0 Å². The molecule has 0 aromatic carbocycles. The monoisotopic (exact) mass is 583 g/mol. The van der Waals surface area contributed by atoms with Gasteiger partial charge in [0.1, 0.15) is 5.78 Å². The number of nitrogens with one attached hydrogen (secondary N) is 2. The summed E-state index contributed by atoms with van der Waals surface area (Å²) >= 11 is 0. The van der Waals surface area contributed by atoms with Crippen LogP contribution >= 0.6 is 0 Å². The summed E-state index contributed by atoms with van der Waals surface area (Å²) in [4.78, 5) is 71.8. The lowest BCUT2D eigenvalue weighted by Gasteiger charge is -2.17. The van der Waals surface area contributed by atoms with Crippen LogP contribution in [0.1, 0.15) is 47.0 Å². The molecule has 1 rings (SSSR count). The van der Waals surface area contributed by atoms with Gasteiger partial charge in [0.2, 0.25) is 11.8 Å². The molecule has 1 aliphatic heterocycles. The van der Waals surface area contributed by atoms with Crippen molar-refractivity contribution in [1.82, 2.24) is 15.5 Å². The molecule has 1 heterocycles. The van der Waals surface area contributed by atoms with E-state index in [0.29, 0.717) is 52.8 Å². The van der Waals surface area contributed by atoms with E-state index in [0.717, 1.165) is 4.90 Å². The number of hydrogen-bond donors (Lipinski definition) is 2. The van der Waals surface area contributed by atoms with Gasteiger partial charge in [0.15, 0.2) is 5.78 Å². The molecule has 0 bridgehead atoms. The lowest BCUT2D eigenvalue weighted by molar-refractivity contribution is -0.137. The van der Waals surface area contributed by atoms with Gasteiger partial charge in [-0.2, -0.15) is 0 Å². The molecular formula is C28H45N3O10. The summed E-state index contributed by atoms with van der Waals surface area (Å²) in [5.74, 6) is -2.02. The first kappa shape index (κ1) is 36.0. The quantitative estimate of drug-likeness (QED) is 0.118. The van der Waals surface area contributed by atoms with E-state index < -0.39 is 17.9 Å². The fourth-order valence-electron chi connectivity index (χ4n) is 3.68. The third kappa shape index (κ3) is 16.1. The summed E-state index contributed by atoms with van der Waals surface area (Å²) in [6, 6.07) is -0.657. The molecule has 0 radical (unpaired) electrons. The van der Waals surface area contributed by atoms with Gasteiger partial charge in [0, 0.05) is 56.3 Å². The molecule has 1 aliphatic rings. The molecule has 0 saturated carbocycles. The Morgan fingerprint density at radius 1 is 0.732 bits per heavy atom. The average Bonchev–Trinajstić information content (AvgIpc) is 3.25. The fourth-order valence-corrected chi connectivity index (χ4v) is 3.68. The van der Waals surface area contributed by atoms with E-state index >= 15 is 0 Å². The molecule has 2 atom stereocenters. The Labute approximate surface area is 241 Å². The molecule has 0 fully saturated rings. The Hall–Kier alpha value is -3.00. The Kier molecular flexibility index (Phi) is 18.3. The number of amides is 4. The van der Waals surface area contributed by atoms with Crippen LogP contribution < -0.4 is 10.6 Å². The molecule has 0 aromatic rings. The maximum absolute atomic E-state index is 12.2. The summed E-state index contributed by atoms with van der Waals surface area (Å²) in [7, 11) is 0. The summed E-state index contributed by atoms with van der Waals surface area (Å²) in [5.41, 5.74) is 0. The fraction of sp³-hybridized carbons (Fsp3) is 0.714. The zero-order valence-corrected chi connectivity index (χ0v) is 24.6. The summed E-state index contributed by atoms with van der Waals surface area (Å²) in [5, 5.41) is 5.30. The normalized spacial score (nSPS) is 14.4. The molecule has 0 saturated heterocycles. The van der Waals surface area contributed by atoms with E-state index in [4.69, 9.17) is 18.9 Å². The number of hydrogen-bond acceptors (Lipinski definition) is 10. The predicted octanol–water partition coefficient (Wildman–Crippen LogP) is 0.199. The number of ether oxygens (including phenoxy) is 4. The zero-order valence-electron chi connectivity index (χ0n) is 24.6. The molecule has 232 valence electrons. The largest absolute Gasteiger partial charge is 0.379 e. The van der Waals surface area contributed by atoms with Gasteiger partial charge in [0.25, 0.3) is 11.8 Å². The first-order valence-electron chi connectivity index (χ1n) is 14.0. The van der Waals surface area contributed by atoms with Crippen LogP contribution in [-0.4, -0.2) is 112 Å². The van der Waals surface area contributed by atoms with E-state index in [9.17, 15) is 28.8 Å². The molecular weight excluding hydrogens is 538 g/mol. The van der Waals surface area contributed by atoms with Gasteiger partial charge >= 0.3 is 0 Å². The Balaban J connectivity index is 1.88. The maximum atomic E-state index is 12.2. The van der Waals surface area contributed by atoms with Crippen molar-refractivity contribution in [1.29, 1.82) is 0 Å². The van der Waals surface area contributed by atoms with E-state index in [1.165, 1.54) is 12.2 Å². The van der Waals surface area contributed by atoms with Crippen LogP contribution in [0.25, 0.3) is 0 Å². The number of carbonyl (C=O) groups excluding carboxylic acids is 6. The second-order valence-corrected chi connectivity index (χ2v) is 9.88. The molecule has 41 heavy (non-hydrogen) atoms. The molecule has 13 heteroatoms. The predicted molar refractivity (Wildman–Crippen MR) is 148 cm³/mol. The first-order chi connectivity index (χ1) is 19.5. The van der Waals surface area contributed by atoms with Crippen molar-refractivity contribution in [3.8, 4) is 0 Å². The van der Waals surface area contributed by atoms with Gasteiger partial charge in [-0.05, 0) is 6.92 Å². The van der Waals surface area contributed by atoms with Gasteiger partial charge in [-0.3, -0.25) is 33.7 Å². The van der Waals surface area contributed by atoms with Crippen molar-refractivity contribution in [2.75, 3.05) is 65.9 Å². The van der Waals surface area contributed by atoms with E-state index in [2.05, 4.69) is 10.6 Å². The summed E-state index contributed by atoms with van der Waals surface area (Å²) < 4.78 is 21.5. The van der Waals surface area contributed by atoms with E-state index in [1.54, 1.807) is 27.7 Å². The third-order valence-corrected chi connectivity index (χ3v) is 6.04. The number of carbonyl (C=O) groups is 6. The van der Waals surface area contributed by atoms with Crippen LogP contribution in [0.4, 0.5) is 0 Å². The molecule has 2 N–H and O–H groups in total. The lowest BCUT2D eigenvalue weighted by Crippen LogP contribution is -2.40. The summed E-state index contributed by atoms with van der Waals surface area (Å²) in [6.07, 6.45) is 2.62. The lowest BCUT2D eigenvalue weighted by atomic mass is 9.91.